The van der Waals surface area contributed by atoms with Gasteiger partial charge >= 0.3 is 7.12 Å². The number of rotatable bonds is 10. The average molecular weight is 609 g/mol. The molecule has 3 aromatic rings. The van der Waals surface area contributed by atoms with Crippen molar-refractivity contribution in [3.8, 4) is 0 Å². The topological polar surface area (TPSA) is 76.7 Å². The third-order valence-electron chi connectivity index (χ3n) is 10.1. The van der Waals surface area contributed by atoms with Crippen molar-refractivity contribution in [3.05, 3.63) is 89.0 Å². The lowest BCUT2D eigenvalue weighted by atomic mass is 9.76. The maximum atomic E-state index is 13.0. The summed E-state index contributed by atoms with van der Waals surface area (Å²) in [5.41, 5.74) is 4.90. The Hall–Kier alpha value is -3.42. The molecule has 5 rings (SSSR count). The lowest BCUT2D eigenvalue weighted by Gasteiger charge is -2.32. The van der Waals surface area contributed by atoms with Gasteiger partial charge in [-0.15, -0.1) is 0 Å². The number of unbranched alkanes of at least 4 members (excludes halogenated alkanes) is 2. The van der Waals surface area contributed by atoms with Gasteiger partial charge in [0, 0.05) is 22.5 Å². The molecule has 3 aromatic carbocycles. The highest BCUT2D eigenvalue weighted by Crippen LogP contribution is 2.38. The monoisotopic (exact) mass is 608 g/mol. The molecule has 7 heteroatoms. The van der Waals surface area contributed by atoms with Crippen molar-refractivity contribution in [2.75, 3.05) is 10.6 Å². The molecule has 1 saturated heterocycles. The molecule has 1 aliphatic carbocycles. The Morgan fingerprint density at radius 3 is 1.84 bits per heavy atom. The summed E-state index contributed by atoms with van der Waals surface area (Å²) < 4.78 is 12.4. The molecule has 2 amide bonds. The number of anilines is 2. The standard InChI is InChI=1S/C38H49BN2O4/c1-7-8-9-10-27-11-13-28(14-12-27)29-15-17-30(18-16-29)35(42)40-32-21-19-31(20-22-32)36(43)41-33-23-24-34(26(2)25-33)39-44-37(3,4)38(5,6)45-39/h15-25,27-28H,7-14H2,1-6H3,(H,40,42)(H,41,43). The van der Waals surface area contributed by atoms with E-state index in [1.165, 1.54) is 56.9 Å². The average Bonchev–Trinajstić information content (AvgIpc) is 3.24. The van der Waals surface area contributed by atoms with Crippen LogP contribution in [0.2, 0.25) is 0 Å². The van der Waals surface area contributed by atoms with E-state index in [9.17, 15) is 9.59 Å². The molecule has 1 saturated carbocycles. The normalized spacial score (nSPS) is 20.5. The van der Waals surface area contributed by atoms with E-state index in [1.807, 2.05) is 65.0 Å². The van der Waals surface area contributed by atoms with Crippen molar-refractivity contribution in [2.24, 2.45) is 5.92 Å². The molecular weight excluding hydrogens is 559 g/mol. The summed E-state index contributed by atoms with van der Waals surface area (Å²) >= 11 is 0. The minimum Gasteiger partial charge on any atom is -0.399 e. The quantitative estimate of drug-likeness (QED) is 0.178. The van der Waals surface area contributed by atoms with Crippen LogP contribution in [0.1, 0.15) is 124 Å². The summed E-state index contributed by atoms with van der Waals surface area (Å²) in [5.74, 6) is 1.11. The molecule has 1 heterocycles. The van der Waals surface area contributed by atoms with E-state index >= 15 is 0 Å². The van der Waals surface area contributed by atoms with Gasteiger partial charge in [-0.1, -0.05) is 50.8 Å². The Kier molecular flexibility index (Phi) is 10.2. The SMILES string of the molecule is CCCCCC1CCC(c2ccc(C(=O)Nc3ccc(C(=O)Nc4ccc(B5OC(C)(C)C(C)(C)O5)c(C)c4)cc3)cc2)CC1. The number of hydrogen-bond acceptors (Lipinski definition) is 4. The number of carbonyl (C=O) groups is 2. The van der Waals surface area contributed by atoms with Crippen molar-refractivity contribution in [3.63, 3.8) is 0 Å². The second kappa shape index (κ2) is 13.9. The van der Waals surface area contributed by atoms with Crippen LogP contribution < -0.4 is 16.1 Å². The fourth-order valence-electron chi connectivity index (χ4n) is 6.47. The van der Waals surface area contributed by atoms with E-state index in [-0.39, 0.29) is 11.8 Å². The summed E-state index contributed by atoms with van der Waals surface area (Å²) in [6, 6.07) is 20.8. The molecular formula is C38H49BN2O4. The van der Waals surface area contributed by atoms with Crippen molar-refractivity contribution in [1.82, 2.24) is 0 Å². The van der Waals surface area contributed by atoms with Gasteiger partial charge in [0.25, 0.3) is 11.8 Å². The zero-order valence-electron chi connectivity index (χ0n) is 27.9. The maximum absolute atomic E-state index is 13.0. The second-order valence-corrected chi connectivity index (χ2v) is 14.0. The number of nitrogens with one attached hydrogen (secondary N) is 2. The van der Waals surface area contributed by atoms with Crippen LogP contribution in [-0.4, -0.2) is 30.1 Å². The van der Waals surface area contributed by atoms with Crippen LogP contribution in [-0.2, 0) is 9.31 Å². The van der Waals surface area contributed by atoms with Crippen molar-refractivity contribution >= 4 is 35.8 Å². The van der Waals surface area contributed by atoms with E-state index in [1.54, 1.807) is 24.3 Å². The molecule has 0 unspecified atom stereocenters. The van der Waals surface area contributed by atoms with Crippen molar-refractivity contribution in [2.45, 2.75) is 110 Å². The summed E-state index contributed by atoms with van der Waals surface area (Å²) in [4.78, 5) is 25.9. The van der Waals surface area contributed by atoms with Gasteiger partial charge < -0.3 is 19.9 Å². The van der Waals surface area contributed by atoms with E-state index in [0.29, 0.717) is 28.4 Å². The highest BCUT2D eigenvalue weighted by atomic mass is 16.7. The number of hydrogen-bond donors (Lipinski definition) is 2. The Morgan fingerprint density at radius 2 is 1.29 bits per heavy atom. The zero-order valence-corrected chi connectivity index (χ0v) is 27.9. The molecule has 0 spiro atoms. The number of benzene rings is 3. The van der Waals surface area contributed by atoms with E-state index < -0.39 is 18.3 Å². The molecule has 1 aliphatic heterocycles. The Balaban J connectivity index is 1.12. The largest absolute Gasteiger partial charge is 0.495 e. The van der Waals surface area contributed by atoms with Crippen LogP contribution in [0.5, 0.6) is 0 Å². The molecule has 2 N–H and O–H groups in total. The van der Waals surface area contributed by atoms with Crippen LogP contribution in [0.4, 0.5) is 11.4 Å². The molecule has 2 aliphatic rings. The first-order chi connectivity index (χ1) is 21.5. The van der Waals surface area contributed by atoms with Gasteiger partial charge in [0.15, 0.2) is 0 Å². The third-order valence-corrected chi connectivity index (χ3v) is 10.1. The van der Waals surface area contributed by atoms with Gasteiger partial charge in [-0.3, -0.25) is 9.59 Å². The first-order valence-corrected chi connectivity index (χ1v) is 16.7. The van der Waals surface area contributed by atoms with Gasteiger partial charge in [0.2, 0.25) is 0 Å². The Morgan fingerprint density at radius 1 is 0.756 bits per heavy atom. The number of amides is 2. The third kappa shape index (κ3) is 7.88. The molecule has 2 fully saturated rings. The molecule has 238 valence electrons. The van der Waals surface area contributed by atoms with Crippen molar-refractivity contribution < 1.29 is 18.9 Å². The molecule has 6 nitrogen and oxygen atoms in total. The van der Waals surface area contributed by atoms with Gasteiger partial charge in [0.05, 0.1) is 11.2 Å². The zero-order chi connectivity index (χ0) is 32.2. The molecule has 0 atom stereocenters. The van der Waals surface area contributed by atoms with E-state index in [2.05, 4.69) is 29.7 Å². The second-order valence-electron chi connectivity index (χ2n) is 14.0. The highest BCUT2D eigenvalue weighted by molar-refractivity contribution is 6.62. The predicted octanol–water partition coefficient (Wildman–Crippen LogP) is 8.65. The number of aryl methyl sites for hydroxylation is 1. The summed E-state index contributed by atoms with van der Waals surface area (Å²) in [5, 5.41) is 5.93. The van der Waals surface area contributed by atoms with Crippen LogP contribution in [0.15, 0.2) is 66.7 Å². The minimum absolute atomic E-state index is 0.157. The summed E-state index contributed by atoms with van der Waals surface area (Å²) in [7, 11) is -0.453. The fraction of sp³-hybridized carbons (Fsp3) is 0.474. The molecule has 0 radical (unpaired) electrons. The van der Waals surface area contributed by atoms with Crippen molar-refractivity contribution in [1.29, 1.82) is 0 Å². The molecule has 0 aromatic heterocycles. The fourth-order valence-corrected chi connectivity index (χ4v) is 6.47. The predicted molar refractivity (Wildman–Crippen MR) is 185 cm³/mol. The van der Waals surface area contributed by atoms with Gasteiger partial charge in [0.1, 0.15) is 0 Å². The number of carbonyl (C=O) groups excluding carboxylic acids is 2. The first kappa shape index (κ1) is 33.0. The summed E-state index contributed by atoms with van der Waals surface area (Å²) in [6.45, 7) is 12.4. The first-order valence-electron chi connectivity index (χ1n) is 16.7. The molecule has 45 heavy (non-hydrogen) atoms. The Bertz CT molecular complexity index is 1460. The van der Waals surface area contributed by atoms with Crippen LogP contribution in [0, 0.1) is 12.8 Å². The van der Waals surface area contributed by atoms with Gasteiger partial charge in [-0.05, 0) is 137 Å². The smallest absolute Gasteiger partial charge is 0.399 e. The summed E-state index contributed by atoms with van der Waals surface area (Å²) in [6.07, 6.45) is 10.5. The van der Waals surface area contributed by atoms with Gasteiger partial charge in [-0.2, -0.15) is 0 Å². The Labute approximate surface area is 269 Å². The van der Waals surface area contributed by atoms with Crippen LogP contribution in [0.25, 0.3) is 0 Å². The van der Waals surface area contributed by atoms with Crippen LogP contribution in [0.3, 0.4) is 0 Å². The lowest BCUT2D eigenvalue weighted by Crippen LogP contribution is -2.41. The lowest BCUT2D eigenvalue weighted by molar-refractivity contribution is 0.00578. The van der Waals surface area contributed by atoms with E-state index in [0.717, 1.165) is 16.9 Å². The maximum Gasteiger partial charge on any atom is 0.495 e. The minimum atomic E-state index is -0.453. The van der Waals surface area contributed by atoms with Crippen LogP contribution >= 0.6 is 0 Å². The van der Waals surface area contributed by atoms with E-state index in [4.69, 9.17) is 9.31 Å². The molecule has 0 bridgehead atoms. The highest BCUT2D eigenvalue weighted by Gasteiger charge is 2.52. The van der Waals surface area contributed by atoms with Gasteiger partial charge in [-0.25, -0.2) is 0 Å².